The Kier molecular flexibility index (Phi) is 9.74. The topological polar surface area (TPSA) is 76.7 Å². The van der Waals surface area contributed by atoms with Crippen LogP contribution in [0.2, 0.25) is 0 Å². The zero-order valence-electron chi connectivity index (χ0n) is 21.6. The monoisotopic (exact) mass is 542 g/mol. The Bertz CT molecular complexity index is 1450. The summed E-state index contributed by atoms with van der Waals surface area (Å²) in [6, 6.07) is 26.4. The lowest BCUT2D eigenvalue weighted by atomic mass is 10.1. The van der Waals surface area contributed by atoms with Crippen LogP contribution in [0.4, 0.5) is 14.5 Å². The van der Waals surface area contributed by atoms with Crippen molar-refractivity contribution in [1.29, 1.82) is 0 Å². The lowest BCUT2D eigenvalue weighted by Crippen LogP contribution is -2.47. The average molecular weight is 543 g/mol. The minimum atomic E-state index is -1.13. The van der Waals surface area contributed by atoms with Gasteiger partial charge in [-0.1, -0.05) is 61.2 Å². The van der Waals surface area contributed by atoms with E-state index >= 15 is 0 Å². The van der Waals surface area contributed by atoms with E-state index in [1.807, 2.05) is 60.7 Å². The van der Waals surface area contributed by atoms with Gasteiger partial charge in [-0.05, 0) is 54.1 Å². The minimum absolute atomic E-state index is 0.0735. The van der Waals surface area contributed by atoms with Crippen LogP contribution in [0.3, 0.4) is 0 Å². The number of ether oxygens (including phenoxy) is 2. The largest absolute Gasteiger partial charge is 0.457 e. The predicted octanol–water partition coefficient (Wildman–Crippen LogP) is 6.28. The van der Waals surface area contributed by atoms with Crippen LogP contribution >= 0.6 is 0 Å². The first-order valence-corrected chi connectivity index (χ1v) is 12.6. The first-order valence-electron chi connectivity index (χ1n) is 12.6. The van der Waals surface area contributed by atoms with E-state index in [0.29, 0.717) is 17.2 Å². The lowest BCUT2D eigenvalue weighted by Gasteiger charge is -2.19. The van der Waals surface area contributed by atoms with Crippen molar-refractivity contribution in [2.45, 2.75) is 19.1 Å². The molecule has 0 spiro atoms. The van der Waals surface area contributed by atoms with Gasteiger partial charge in [-0.15, -0.1) is 0 Å². The number of hydrogen-bond acceptors (Lipinski definition) is 4. The number of nitrogens with one attached hydrogen (secondary N) is 2. The van der Waals surface area contributed by atoms with E-state index in [4.69, 9.17) is 9.47 Å². The third-order valence-corrected chi connectivity index (χ3v) is 5.92. The molecule has 0 saturated carbocycles. The molecule has 4 aromatic carbocycles. The fraction of sp³-hybridized carbons (Fsp3) is 0.125. The summed E-state index contributed by atoms with van der Waals surface area (Å²) >= 11 is 0. The van der Waals surface area contributed by atoms with Gasteiger partial charge in [-0.25, -0.2) is 8.78 Å². The van der Waals surface area contributed by atoms with Crippen LogP contribution in [0.15, 0.2) is 104 Å². The van der Waals surface area contributed by atoms with Gasteiger partial charge in [0.25, 0.3) is 0 Å². The van der Waals surface area contributed by atoms with Crippen LogP contribution in [-0.4, -0.2) is 24.5 Å². The Balaban J connectivity index is 1.43. The van der Waals surface area contributed by atoms with Crippen molar-refractivity contribution in [2.24, 2.45) is 0 Å². The first-order chi connectivity index (χ1) is 19.4. The summed E-state index contributed by atoms with van der Waals surface area (Å²) < 4.78 is 40.4. The smallest absolute Gasteiger partial charge is 0.249 e. The van der Waals surface area contributed by atoms with Crippen molar-refractivity contribution >= 4 is 23.6 Å². The summed E-state index contributed by atoms with van der Waals surface area (Å²) in [7, 11) is 0. The molecular formula is C32H28F2N2O4. The second-order valence-corrected chi connectivity index (χ2v) is 8.86. The number of benzene rings is 4. The van der Waals surface area contributed by atoms with Gasteiger partial charge in [0.2, 0.25) is 11.8 Å². The van der Waals surface area contributed by atoms with Gasteiger partial charge < -0.3 is 20.1 Å². The molecule has 4 rings (SSSR count). The molecule has 8 heteroatoms. The Morgan fingerprint density at radius 1 is 0.850 bits per heavy atom. The molecule has 0 aliphatic carbocycles. The van der Waals surface area contributed by atoms with Gasteiger partial charge >= 0.3 is 0 Å². The lowest BCUT2D eigenvalue weighted by molar-refractivity contribution is -0.127. The predicted molar refractivity (Wildman–Crippen MR) is 150 cm³/mol. The summed E-state index contributed by atoms with van der Waals surface area (Å²) in [4.78, 5) is 26.0. The molecule has 4 aromatic rings. The van der Waals surface area contributed by atoms with Crippen LogP contribution in [0.1, 0.15) is 16.7 Å². The minimum Gasteiger partial charge on any atom is -0.457 e. The average Bonchev–Trinajstić information content (AvgIpc) is 2.97. The normalized spacial score (nSPS) is 11.3. The number of carbonyl (C=O) groups is 2. The number of hydrogen-bond donors (Lipinski definition) is 2. The summed E-state index contributed by atoms with van der Waals surface area (Å²) in [5.74, 6) is -1.79. The molecule has 6 nitrogen and oxygen atoms in total. The fourth-order valence-electron chi connectivity index (χ4n) is 3.85. The second kappa shape index (κ2) is 13.8. The maximum absolute atomic E-state index is 14.6. The van der Waals surface area contributed by atoms with E-state index < -0.39 is 41.5 Å². The quantitative estimate of drug-likeness (QED) is 0.221. The van der Waals surface area contributed by atoms with Crippen LogP contribution in [0.5, 0.6) is 11.5 Å². The molecule has 0 aromatic heterocycles. The molecule has 40 heavy (non-hydrogen) atoms. The standard InChI is InChI=1S/C32H28F2N2O4/c1-2-23-13-18-28(33)27(31(23)34)19-30(37)36-29(21-39-20-22-9-5-3-6-10-22)32(38)35-24-14-16-26(17-15-24)40-25-11-7-4-8-12-25/h2-18,29H,1,19-21H2,(H,35,38)(H,36,37). The highest BCUT2D eigenvalue weighted by Crippen LogP contribution is 2.23. The van der Waals surface area contributed by atoms with Crippen molar-refractivity contribution in [3.63, 3.8) is 0 Å². The molecule has 0 bridgehead atoms. The molecule has 1 unspecified atom stereocenters. The molecule has 0 radical (unpaired) electrons. The van der Waals surface area contributed by atoms with Crippen molar-refractivity contribution in [3.8, 4) is 11.5 Å². The summed E-state index contributed by atoms with van der Waals surface area (Å²) in [6.07, 6.45) is 0.632. The van der Waals surface area contributed by atoms with Crippen LogP contribution in [-0.2, 0) is 27.4 Å². The van der Waals surface area contributed by atoms with Gasteiger partial charge in [-0.2, -0.15) is 0 Å². The van der Waals surface area contributed by atoms with Crippen LogP contribution < -0.4 is 15.4 Å². The molecule has 0 fully saturated rings. The van der Waals surface area contributed by atoms with E-state index in [-0.39, 0.29) is 18.8 Å². The molecule has 0 saturated heterocycles. The number of para-hydroxylation sites is 1. The van der Waals surface area contributed by atoms with Gasteiger partial charge in [-0.3, -0.25) is 9.59 Å². The van der Waals surface area contributed by atoms with Gasteiger partial charge in [0.1, 0.15) is 29.2 Å². The second-order valence-electron chi connectivity index (χ2n) is 8.86. The van der Waals surface area contributed by atoms with E-state index in [9.17, 15) is 18.4 Å². The van der Waals surface area contributed by atoms with Crippen molar-refractivity contribution < 1.29 is 27.8 Å². The molecule has 0 aliphatic rings. The van der Waals surface area contributed by atoms with Crippen molar-refractivity contribution in [2.75, 3.05) is 11.9 Å². The Morgan fingerprint density at radius 2 is 1.50 bits per heavy atom. The van der Waals surface area contributed by atoms with Gasteiger partial charge in [0.15, 0.2) is 0 Å². The first kappa shape index (κ1) is 28.2. The third-order valence-electron chi connectivity index (χ3n) is 5.92. The Morgan fingerprint density at radius 3 is 2.17 bits per heavy atom. The number of amides is 2. The summed E-state index contributed by atoms with van der Waals surface area (Å²) in [6.45, 7) is 3.54. The van der Waals surface area contributed by atoms with Crippen LogP contribution in [0.25, 0.3) is 6.08 Å². The molecule has 2 N–H and O–H groups in total. The number of rotatable bonds is 12. The van der Waals surface area contributed by atoms with E-state index in [2.05, 4.69) is 17.2 Å². The maximum Gasteiger partial charge on any atom is 0.249 e. The third kappa shape index (κ3) is 7.85. The van der Waals surface area contributed by atoms with Gasteiger partial charge in [0.05, 0.1) is 19.6 Å². The number of carbonyl (C=O) groups excluding carboxylic acids is 2. The number of anilines is 1. The highest BCUT2D eigenvalue weighted by atomic mass is 19.1. The van der Waals surface area contributed by atoms with E-state index in [1.165, 1.54) is 12.1 Å². The fourth-order valence-corrected chi connectivity index (χ4v) is 3.85. The molecular weight excluding hydrogens is 514 g/mol. The Labute approximate surface area is 231 Å². The SMILES string of the molecule is C=Cc1ccc(F)c(CC(=O)NC(COCc2ccccc2)C(=O)Nc2ccc(Oc3ccccc3)cc2)c1F. The van der Waals surface area contributed by atoms with Crippen molar-refractivity contribution in [1.82, 2.24) is 5.32 Å². The Hall–Kier alpha value is -4.82. The van der Waals surface area contributed by atoms with Crippen LogP contribution in [0, 0.1) is 11.6 Å². The molecule has 204 valence electrons. The van der Waals surface area contributed by atoms with E-state index in [1.54, 1.807) is 24.3 Å². The molecule has 1 atom stereocenters. The summed E-state index contributed by atoms with van der Waals surface area (Å²) in [5.41, 5.74) is 1.01. The number of halogens is 2. The molecule has 0 heterocycles. The maximum atomic E-state index is 14.6. The van der Waals surface area contributed by atoms with Gasteiger partial charge in [0, 0.05) is 16.8 Å². The highest BCUT2D eigenvalue weighted by molar-refractivity contribution is 5.97. The zero-order chi connectivity index (χ0) is 28.3. The molecule has 2 amide bonds. The highest BCUT2D eigenvalue weighted by Gasteiger charge is 2.24. The molecule has 0 aliphatic heterocycles. The van der Waals surface area contributed by atoms with E-state index in [0.717, 1.165) is 11.6 Å². The van der Waals surface area contributed by atoms with Crippen molar-refractivity contribution in [3.05, 3.63) is 132 Å². The summed E-state index contributed by atoms with van der Waals surface area (Å²) in [5, 5.41) is 5.29. The zero-order valence-corrected chi connectivity index (χ0v) is 21.6.